The fourth-order valence-electron chi connectivity index (χ4n) is 0.821. The number of nitrogens with two attached hydrogens (primary N) is 1. The van der Waals surface area contributed by atoms with Crippen LogP contribution in [0.3, 0.4) is 0 Å². The minimum Gasteiger partial charge on any atom is -0.327 e. The van der Waals surface area contributed by atoms with Crippen LogP contribution in [-0.4, -0.2) is 11.8 Å². The Labute approximate surface area is 49.7 Å². The van der Waals surface area contributed by atoms with Crippen molar-refractivity contribution in [3.8, 4) is 0 Å². The van der Waals surface area contributed by atoms with Gasteiger partial charge in [-0.05, 0) is 24.5 Å². The lowest BCUT2D eigenvalue weighted by Gasteiger charge is -2.31. The highest BCUT2D eigenvalue weighted by Crippen LogP contribution is 2.25. The molecule has 0 aliphatic heterocycles. The molecule has 1 saturated carbocycles. The lowest BCUT2D eigenvalue weighted by molar-refractivity contribution is 0.288. The van der Waals surface area contributed by atoms with E-state index in [1.54, 1.807) is 0 Å². The van der Waals surface area contributed by atoms with Crippen molar-refractivity contribution >= 4 is 12.6 Å². The van der Waals surface area contributed by atoms with Crippen molar-refractivity contribution in [1.29, 1.82) is 0 Å². The molecule has 0 radical (unpaired) electrons. The van der Waals surface area contributed by atoms with Crippen molar-refractivity contribution in [3.63, 3.8) is 0 Å². The summed E-state index contributed by atoms with van der Waals surface area (Å²) in [5, 5.41) is 0. The Bertz CT molecular complexity index is 63.1. The van der Waals surface area contributed by atoms with Crippen LogP contribution in [0.2, 0.25) is 0 Å². The van der Waals surface area contributed by atoms with Gasteiger partial charge >= 0.3 is 0 Å². The van der Waals surface area contributed by atoms with Gasteiger partial charge in [0, 0.05) is 6.04 Å². The van der Waals surface area contributed by atoms with Gasteiger partial charge in [0.2, 0.25) is 0 Å². The zero-order valence-corrected chi connectivity index (χ0v) is 5.20. The Morgan fingerprint density at radius 2 is 2.29 bits per heavy atom. The molecular weight excluding hydrogens is 106 g/mol. The van der Waals surface area contributed by atoms with Crippen LogP contribution in [0.5, 0.6) is 0 Å². The Morgan fingerprint density at radius 3 is 2.29 bits per heavy atom. The maximum Gasteiger partial charge on any atom is 0.00750 e. The predicted molar refractivity (Wildman–Crippen MR) is 34.6 cm³/mol. The number of hydrogen-bond donors (Lipinski definition) is 2. The van der Waals surface area contributed by atoms with Gasteiger partial charge in [0.25, 0.3) is 0 Å². The number of hydrogen-bond acceptors (Lipinski definition) is 2. The summed E-state index contributed by atoms with van der Waals surface area (Å²) >= 11 is 4.13. The molecule has 0 aromatic rings. The van der Waals surface area contributed by atoms with Gasteiger partial charge in [0.1, 0.15) is 0 Å². The van der Waals surface area contributed by atoms with Gasteiger partial charge < -0.3 is 5.73 Å². The molecule has 1 aliphatic carbocycles. The van der Waals surface area contributed by atoms with Crippen LogP contribution in [0.15, 0.2) is 0 Å². The van der Waals surface area contributed by atoms with Crippen LogP contribution in [0.1, 0.15) is 12.8 Å². The summed E-state index contributed by atoms with van der Waals surface area (Å²) in [5.41, 5.74) is 5.58. The molecule has 1 fully saturated rings. The Balaban J connectivity index is 2.16. The zero-order chi connectivity index (χ0) is 5.28. The summed E-state index contributed by atoms with van der Waals surface area (Å²) in [6, 6.07) is 0.470. The van der Waals surface area contributed by atoms with Crippen molar-refractivity contribution in [2.75, 3.05) is 5.75 Å². The van der Waals surface area contributed by atoms with E-state index < -0.39 is 0 Å². The average Bonchev–Trinajstić information content (AvgIpc) is 1.65. The lowest BCUT2D eigenvalue weighted by atomic mass is 9.82. The third kappa shape index (κ3) is 0.916. The van der Waals surface area contributed by atoms with Crippen molar-refractivity contribution in [3.05, 3.63) is 0 Å². The topological polar surface area (TPSA) is 26.0 Å². The van der Waals surface area contributed by atoms with Crippen LogP contribution in [0.4, 0.5) is 0 Å². The third-order valence-electron chi connectivity index (χ3n) is 1.71. The molecule has 0 spiro atoms. The second-order valence-electron chi connectivity index (χ2n) is 2.18. The molecule has 0 amide bonds. The van der Waals surface area contributed by atoms with Gasteiger partial charge in [-0.25, -0.2) is 0 Å². The molecule has 1 rings (SSSR count). The first kappa shape index (κ1) is 5.45. The van der Waals surface area contributed by atoms with Gasteiger partial charge in [-0.3, -0.25) is 0 Å². The van der Waals surface area contributed by atoms with E-state index in [0.29, 0.717) is 6.04 Å². The average molecular weight is 117 g/mol. The minimum atomic E-state index is 0.470. The summed E-state index contributed by atoms with van der Waals surface area (Å²) in [4.78, 5) is 0. The molecule has 0 aromatic carbocycles. The molecule has 2 N–H and O–H groups in total. The predicted octanol–water partition coefficient (Wildman–Crippen LogP) is 0.653. The van der Waals surface area contributed by atoms with E-state index in [1.165, 1.54) is 12.8 Å². The Hall–Kier alpha value is 0.310. The van der Waals surface area contributed by atoms with Crippen molar-refractivity contribution in [2.24, 2.45) is 11.7 Å². The monoisotopic (exact) mass is 117 g/mol. The van der Waals surface area contributed by atoms with E-state index in [9.17, 15) is 0 Å². The third-order valence-corrected chi connectivity index (χ3v) is 2.18. The summed E-state index contributed by atoms with van der Waals surface area (Å²) in [5.74, 6) is 1.70. The number of rotatable bonds is 1. The highest BCUT2D eigenvalue weighted by atomic mass is 32.1. The maximum atomic E-state index is 5.58. The van der Waals surface area contributed by atoms with E-state index in [2.05, 4.69) is 12.6 Å². The summed E-state index contributed by atoms with van der Waals surface area (Å²) < 4.78 is 0. The van der Waals surface area contributed by atoms with E-state index in [4.69, 9.17) is 5.73 Å². The molecule has 0 heterocycles. The zero-order valence-electron chi connectivity index (χ0n) is 4.30. The van der Waals surface area contributed by atoms with E-state index in [1.807, 2.05) is 0 Å². The normalized spacial score (nSPS) is 40.3. The molecule has 0 aromatic heterocycles. The molecule has 7 heavy (non-hydrogen) atoms. The van der Waals surface area contributed by atoms with Crippen molar-refractivity contribution in [2.45, 2.75) is 18.9 Å². The highest BCUT2D eigenvalue weighted by Gasteiger charge is 2.25. The fraction of sp³-hybridized carbons (Fsp3) is 1.00. The summed E-state index contributed by atoms with van der Waals surface area (Å²) in [6.07, 6.45) is 2.51. The second kappa shape index (κ2) is 2.05. The Kier molecular flexibility index (Phi) is 1.60. The first-order valence-electron chi connectivity index (χ1n) is 2.71. The van der Waals surface area contributed by atoms with Crippen LogP contribution in [0.25, 0.3) is 0 Å². The van der Waals surface area contributed by atoms with Crippen molar-refractivity contribution in [1.82, 2.24) is 0 Å². The molecular formula is C5H11NS. The van der Waals surface area contributed by atoms with Crippen LogP contribution in [-0.2, 0) is 0 Å². The molecule has 0 saturated heterocycles. The van der Waals surface area contributed by atoms with Crippen LogP contribution < -0.4 is 5.73 Å². The first-order valence-corrected chi connectivity index (χ1v) is 3.34. The van der Waals surface area contributed by atoms with Gasteiger partial charge in [-0.15, -0.1) is 0 Å². The quantitative estimate of drug-likeness (QED) is 0.485. The highest BCUT2D eigenvalue weighted by molar-refractivity contribution is 7.80. The first-order chi connectivity index (χ1) is 3.34. The molecule has 2 heteroatoms. The van der Waals surface area contributed by atoms with E-state index in [0.717, 1.165) is 11.7 Å². The molecule has 0 bridgehead atoms. The SMILES string of the molecule is N[C@@H]1CCC1CS. The standard InChI is InChI=1S/C5H11NS/c6-5-2-1-4(5)3-7/h4-5,7H,1-3,6H2/t4?,5-/m1/s1. The van der Waals surface area contributed by atoms with E-state index in [-0.39, 0.29) is 0 Å². The molecule has 42 valence electrons. The summed E-state index contributed by atoms with van der Waals surface area (Å²) in [7, 11) is 0. The van der Waals surface area contributed by atoms with E-state index >= 15 is 0 Å². The summed E-state index contributed by atoms with van der Waals surface area (Å²) in [6.45, 7) is 0. The van der Waals surface area contributed by atoms with Gasteiger partial charge in [0.15, 0.2) is 0 Å². The van der Waals surface area contributed by atoms with Crippen LogP contribution in [0, 0.1) is 5.92 Å². The molecule has 1 aliphatic rings. The Morgan fingerprint density at radius 1 is 1.57 bits per heavy atom. The van der Waals surface area contributed by atoms with Crippen LogP contribution >= 0.6 is 12.6 Å². The van der Waals surface area contributed by atoms with Gasteiger partial charge in [-0.1, -0.05) is 0 Å². The lowest BCUT2D eigenvalue weighted by Crippen LogP contribution is -2.40. The maximum absolute atomic E-state index is 5.58. The molecule has 2 atom stereocenters. The van der Waals surface area contributed by atoms with Crippen molar-refractivity contribution < 1.29 is 0 Å². The van der Waals surface area contributed by atoms with Gasteiger partial charge in [0.05, 0.1) is 0 Å². The second-order valence-corrected chi connectivity index (χ2v) is 2.55. The number of thiol groups is 1. The minimum absolute atomic E-state index is 0.470. The fourth-order valence-corrected chi connectivity index (χ4v) is 1.27. The molecule has 1 unspecified atom stereocenters. The largest absolute Gasteiger partial charge is 0.327 e. The molecule has 1 nitrogen and oxygen atoms in total. The smallest absolute Gasteiger partial charge is 0.00750 e. The van der Waals surface area contributed by atoms with Gasteiger partial charge in [-0.2, -0.15) is 12.6 Å².